The third-order valence-corrected chi connectivity index (χ3v) is 4.26. The first-order chi connectivity index (χ1) is 10.8. The lowest BCUT2D eigenvalue weighted by atomic mass is 9.98. The number of aliphatic hydroxyl groups is 1. The molecule has 0 fully saturated rings. The molecule has 1 aromatic carbocycles. The van der Waals surface area contributed by atoms with E-state index < -0.39 is 18.1 Å². The van der Waals surface area contributed by atoms with E-state index in [2.05, 4.69) is 5.32 Å². The molecule has 0 heterocycles. The van der Waals surface area contributed by atoms with Crippen LogP contribution in [-0.4, -0.2) is 34.0 Å². The monoisotopic (exact) mass is 341 g/mol. The van der Waals surface area contributed by atoms with E-state index in [4.69, 9.17) is 11.6 Å². The van der Waals surface area contributed by atoms with Crippen molar-refractivity contribution in [3.8, 4) is 5.75 Å². The molecule has 0 aliphatic heterocycles. The number of halogens is 1. The molecule has 23 heavy (non-hydrogen) atoms. The number of nitrogens with one attached hydrogen (secondary N) is 1. The highest BCUT2D eigenvalue weighted by Gasteiger charge is 2.26. The number of phenols is 1. The number of ketones is 1. The van der Waals surface area contributed by atoms with Gasteiger partial charge in [0.2, 0.25) is 5.91 Å². The van der Waals surface area contributed by atoms with E-state index in [1.54, 1.807) is 26.0 Å². The van der Waals surface area contributed by atoms with Crippen LogP contribution in [-0.2, 0) is 16.0 Å². The second-order valence-electron chi connectivity index (χ2n) is 5.70. The van der Waals surface area contributed by atoms with Gasteiger partial charge in [0, 0.05) is 6.42 Å². The van der Waals surface area contributed by atoms with Gasteiger partial charge in [0.05, 0.1) is 11.1 Å². The van der Waals surface area contributed by atoms with Crippen molar-refractivity contribution in [1.29, 1.82) is 0 Å². The molecule has 5 nitrogen and oxygen atoms in total. The number of benzene rings is 1. The van der Waals surface area contributed by atoms with Crippen LogP contribution in [0.25, 0.3) is 0 Å². The van der Waals surface area contributed by atoms with Crippen molar-refractivity contribution in [2.45, 2.75) is 52.2 Å². The second kappa shape index (κ2) is 8.89. The minimum atomic E-state index is -1.14. The number of amides is 1. The van der Waals surface area contributed by atoms with Gasteiger partial charge in [-0.3, -0.25) is 9.59 Å². The minimum Gasteiger partial charge on any atom is -0.506 e. The summed E-state index contributed by atoms with van der Waals surface area (Å²) in [4.78, 5) is 24.2. The molecular formula is C17H24ClNO4. The number of aromatic hydroxyl groups is 1. The third-order valence-electron chi connectivity index (χ3n) is 3.96. The van der Waals surface area contributed by atoms with Crippen LogP contribution in [0.4, 0.5) is 0 Å². The summed E-state index contributed by atoms with van der Waals surface area (Å²) in [5.41, 5.74) is 0.720. The predicted octanol–water partition coefficient (Wildman–Crippen LogP) is 2.46. The molecule has 1 amide bonds. The van der Waals surface area contributed by atoms with Gasteiger partial charge < -0.3 is 15.5 Å². The Hall–Kier alpha value is -1.59. The van der Waals surface area contributed by atoms with Crippen LogP contribution in [0.1, 0.15) is 39.2 Å². The maximum absolute atomic E-state index is 12.1. The smallest absolute Gasteiger partial charge is 0.249 e. The number of carbonyl (C=O) groups excluding carboxylic acids is 2. The Morgan fingerprint density at radius 1 is 1.30 bits per heavy atom. The molecule has 0 aromatic heterocycles. The van der Waals surface area contributed by atoms with Crippen LogP contribution < -0.4 is 5.32 Å². The van der Waals surface area contributed by atoms with Crippen molar-refractivity contribution in [2.24, 2.45) is 5.92 Å². The van der Waals surface area contributed by atoms with Crippen LogP contribution in [0.15, 0.2) is 18.2 Å². The highest BCUT2D eigenvalue weighted by Crippen LogP contribution is 2.24. The molecule has 0 saturated carbocycles. The van der Waals surface area contributed by atoms with Gasteiger partial charge in [-0.1, -0.05) is 44.9 Å². The fourth-order valence-corrected chi connectivity index (χ4v) is 2.35. The zero-order chi connectivity index (χ0) is 17.6. The molecule has 3 N–H and O–H groups in total. The average molecular weight is 342 g/mol. The quantitative estimate of drug-likeness (QED) is 0.678. The molecule has 0 bridgehead atoms. The predicted molar refractivity (Wildman–Crippen MR) is 89.5 cm³/mol. The lowest BCUT2D eigenvalue weighted by Gasteiger charge is -2.22. The number of Topliss-reactive ketones (excluding diaryl/α,β-unsaturated/α-hetero) is 1. The summed E-state index contributed by atoms with van der Waals surface area (Å²) in [6.45, 7) is 5.38. The van der Waals surface area contributed by atoms with Gasteiger partial charge in [-0.25, -0.2) is 0 Å². The van der Waals surface area contributed by atoms with Gasteiger partial charge in [0.15, 0.2) is 5.78 Å². The summed E-state index contributed by atoms with van der Waals surface area (Å²) in [6, 6.07) is 3.92. The maximum Gasteiger partial charge on any atom is 0.249 e. The summed E-state index contributed by atoms with van der Waals surface area (Å²) in [6.07, 6.45) is 0.0479. The molecule has 1 rings (SSSR count). The van der Waals surface area contributed by atoms with Crippen LogP contribution in [0, 0.1) is 5.92 Å². The number of hydrogen-bond acceptors (Lipinski definition) is 4. The molecule has 6 heteroatoms. The summed E-state index contributed by atoms with van der Waals surface area (Å²) in [7, 11) is 0. The normalized spacial score (nSPS) is 14.8. The van der Waals surface area contributed by atoms with Crippen molar-refractivity contribution < 1.29 is 19.8 Å². The van der Waals surface area contributed by atoms with Crippen LogP contribution in [0.5, 0.6) is 5.75 Å². The van der Waals surface area contributed by atoms with E-state index in [9.17, 15) is 19.8 Å². The van der Waals surface area contributed by atoms with Gasteiger partial charge in [0.25, 0.3) is 0 Å². The SMILES string of the molecule is CCC(=O)[C@H](Cc1ccc(O)c(Cl)c1)NC(=O)[C@@H](O)[C@@H](C)CC. The summed E-state index contributed by atoms with van der Waals surface area (Å²) in [5.74, 6) is -0.893. The van der Waals surface area contributed by atoms with Crippen LogP contribution in [0.3, 0.4) is 0 Å². The topological polar surface area (TPSA) is 86.6 Å². The molecule has 0 saturated heterocycles. The summed E-state index contributed by atoms with van der Waals surface area (Å²) in [5, 5.41) is 22.2. The molecule has 1 aromatic rings. The Kier molecular flexibility index (Phi) is 7.52. The Morgan fingerprint density at radius 2 is 1.96 bits per heavy atom. The molecule has 0 spiro atoms. The van der Waals surface area contributed by atoms with E-state index in [1.165, 1.54) is 6.07 Å². The highest BCUT2D eigenvalue weighted by atomic mass is 35.5. The molecule has 128 valence electrons. The van der Waals surface area contributed by atoms with E-state index in [0.717, 1.165) is 5.56 Å². The molecular weight excluding hydrogens is 318 g/mol. The minimum absolute atomic E-state index is 0.0370. The van der Waals surface area contributed by atoms with Crippen molar-refractivity contribution in [2.75, 3.05) is 0 Å². The second-order valence-corrected chi connectivity index (χ2v) is 6.11. The molecule has 3 atom stereocenters. The number of carbonyl (C=O) groups is 2. The lowest BCUT2D eigenvalue weighted by Crippen LogP contribution is -2.48. The molecule has 0 aliphatic rings. The average Bonchev–Trinajstić information content (AvgIpc) is 2.55. The highest BCUT2D eigenvalue weighted by molar-refractivity contribution is 6.32. The number of rotatable bonds is 8. The maximum atomic E-state index is 12.1. The van der Waals surface area contributed by atoms with Gasteiger partial charge in [-0.15, -0.1) is 0 Å². The van der Waals surface area contributed by atoms with Crippen LogP contribution >= 0.6 is 11.6 Å². The molecule has 0 unspecified atom stereocenters. The van der Waals surface area contributed by atoms with Crippen molar-refractivity contribution in [1.82, 2.24) is 5.32 Å². The Bertz CT molecular complexity index is 562. The summed E-state index contributed by atoms with van der Waals surface area (Å²) >= 11 is 5.86. The van der Waals surface area contributed by atoms with Gasteiger partial charge in [0.1, 0.15) is 11.9 Å². The van der Waals surface area contributed by atoms with Crippen LogP contribution in [0.2, 0.25) is 5.02 Å². The Balaban J connectivity index is 2.86. The first-order valence-electron chi connectivity index (χ1n) is 7.78. The molecule has 0 aliphatic carbocycles. The Labute approximate surface area is 141 Å². The van der Waals surface area contributed by atoms with Crippen molar-refractivity contribution >= 4 is 23.3 Å². The molecule has 0 radical (unpaired) electrons. The lowest BCUT2D eigenvalue weighted by molar-refractivity contribution is -0.135. The zero-order valence-corrected chi connectivity index (χ0v) is 14.4. The summed E-state index contributed by atoms with van der Waals surface area (Å²) < 4.78 is 0. The number of hydrogen-bond donors (Lipinski definition) is 3. The number of phenolic OH excluding ortho intramolecular Hbond substituents is 1. The first-order valence-corrected chi connectivity index (χ1v) is 8.16. The third kappa shape index (κ3) is 5.52. The zero-order valence-electron chi connectivity index (χ0n) is 13.7. The standard InChI is InChI=1S/C17H24ClNO4/c1-4-10(3)16(22)17(23)19-13(14(20)5-2)9-11-6-7-15(21)12(18)8-11/h6-8,10,13,16,21-22H,4-5,9H2,1-3H3,(H,19,23)/t10-,13-,16-/m0/s1. The first kappa shape index (κ1) is 19.5. The van der Waals surface area contributed by atoms with Gasteiger partial charge in [-0.2, -0.15) is 0 Å². The van der Waals surface area contributed by atoms with Crippen molar-refractivity contribution in [3.63, 3.8) is 0 Å². The van der Waals surface area contributed by atoms with E-state index in [0.29, 0.717) is 6.42 Å². The van der Waals surface area contributed by atoms with E-state index in [-0.39, 0.29) is 35.3 Å². The van der Waals surface area contributed by atoms with Gasteiger partial charge in [-0.05, 0) is 30.0 Å². The largest absolute Gasteiger partial charge is 0.506 e. The van der Waals surface area contributed by atoms with E-state index in [1.807, 2.05) is 6.92 Å². The van der Waals surface area contributed by atoms with Gasteiger partial charge >= 0.3 is 0 Å². The fraction of sp³-hybridized carbons (Fsp3) is 0.529. The fourth-order valence-electron chi connectivity index (χ4n) is 2.14. The number of aliphatic hydroxyl groups excluding tert-OH is 1. The van der Waals surface area contributed by atoms with Crippen molar-refractivity contribution in [3.05, 3.63) is 28.8 Å². The Morgan fingerprint density at radius 3 is 2.48 bits per heavy atom. The van der Waals surface area contributed by atoms with E-state index >= 15 is 0 Å².